The van der Waals surface area contributed by atoms with Crippen molar-refractivity contribution in [3.05, 3.63) is 83.6 Å². The summed E-state index contributed by atoms with van der Waals surface area (Å²) in [6.45, 7) is 0.474. The van der Waals surface area contributed by atoms with Crippen molar-refractivity contribution in [3.63, 3.8) is 0 Å². The van der Waals surface area contributed by atoms with Crippen LogP contribution >= 0.6 is 11.6 Å². The summed E-state index contributed by atoms with van der Waals surface area (Å²) in [6.07, 6.45) is 3.33. The van der Waals surface area contributed by atoms with Crippen molar-refractivity contribution in [3.8, 4) is 5.88 Å². The van der Waals surface area contributed by atoms with Crippen LogP contribution in [-0.2, 0) is 16.4 Å². The average molecular weight is 413 g/mol. The molecule has 0 fully saturated rings. The van der Waals surface area contributed by atoms with Crippen molar-refractivity contribution in [2.75, 3.05) is 7.11 Å². The number of aromatic nitrogens is 2. The molecule has 0 atom stereocenters. The van der Waals surface area contributed by atoms with Gasteiger partial charge in [0, 0.05) is 40.9 Å². The van der Waals surface area contributed by atoms with Crippen LogP contribution in [0.25, 0.3) is 10.9 Å². The number of hydrogen-bond donors (Lipinski definition) is 0. The van der Waals surface area contributed by atoms with Gasteiger partial charge in [0.25, 0.3) is 0 Å². The Balaban J connectivity index is 1.88. The van der Waals surface area contributed by atoms with Crippen molar-refractivity contribution in [1.82, 2.24) is 9.55 Å². The SMILES string of the molecule is COc1cc(Cn2cc(S(=O)(=O)c3ccccc3)c3cc(Cl)ccc32)ccn1. The monoisotopic (exact) mass is 412 g/mol. The summed E-state index contributed by atoms with van der Waals surface area (Å²) in [5.41, 5.74) is 1.73. The summed E-state index contributed by atoms with van der Waals surface area (Å²) >= 11 is 6.17. The topological polar surface area (TPSA) is 61.2 Å². The van der Waals surface area contributed by atoms with Crippen LogP contribution in [0.4, 0.5) is 0 Å². The van der Waals surface area contributed by atoms with Gasteiger partial charge in [0.05, 0.1) is 16.9 Å². The van der Waals surface area contributed by atoms with Crippen molar-refractivity contribution in [1.29, 1.82) is 0 Å². The molecule has 0 unspecified atom stereocenters. The maximum Gasteiger partial charge on any atom is 0.213 e. The molecule has 142 valence electrons. The third kappa shape index (κ3) is 3.37. The summed E-state index contributed by atoms with van der Waals surface area (Å²) < 4.78 is 33.6. The zero-order chi connectivity index (χ0) is 19.7. The first-order chi connectivity index (χ1) is 13.5. The smallest absolute Gasteiger partial charge is 0.213 e. The van der Waals surface area contributed by atoms with E-state index in [4.69, 9.17) is 16.3 Å². The molecule has 4 aromatic rings. The lowest BCUT2D eigenvalue weighted by molar-refractivity contribution is 0.397. The lowest BCUT2D eigenvalue weighted by Gasteiger charge is -2.07. The summed E-state index contributed by atoms with van der Waals surface area (Å²) in [4.78, 5) is 4.60. The van der Waals surface area contributed by atoms with Crippen LogP contribution in [0, 0.1) is 0 Å². The zero-order valence-corrected chi connectivity index (χ0v) is 16.6. The molecule has 0 bridgehead atoms. The highest BCUT2D eigenvalue weighted by Gasteiger charge is 2.23. The van der Waals surface area contributed by atoms with Crippen LogP contribution in [0.1, 0.15) is 5.56 Å². The number of fused-ring (bicyclic) bond motifs is 1. The molecule has 0 saturated carbocycles. The molecule has 0 aliphatic rings. The van der Waals surface area contributed by atoms with E-state index in [9.17, 15) is 8.42 Å². The van der Waals surface area contributed by atoms with Crippen LogP contribution in [0.3, 0.4) is 0 Å². The largest absolute Gasteiger partial charge is 0.481 e. The molecule has 0 spiro atoms. The van der Waals surface area contributed by atoms with E-state index in [0.29, 0.717) is 22.8 Å². The van der Waals surface area contributed by atoms with Crippen LogP contribution in [0.15, 0.2) is 82.8 Å². The number of sulfone groups is 1. The second-order valence-corrected chi connectivity index (χ2v) is 8.66. The van der Waals surface area contributed by atoms with E-state index in [2.05, 4.69) is 4.98 Å². The molecule has 0 saturated heterocycles. The molecule has 0 amide bonds. The lowest BCUT2D eigenvalue weighted by atomic mass is 10.2. The fourth-order valence-corrected chi connectivity index (χ4v) is 4.83. The first-order valence-corrected chi connectivity index (χ1v) is 10.4. The molecule has 0 N–H and O–H groups in total. The lowest BCUT2D eigenvalue weighted by Crippen LogP contribution is -2.02. The van der Waals surface area contributed by atoms with Crippen LogP contribution in [0.5, 0.6) is 5.88 Å². The summed E-state index contributed by atoms with van der Waals surface area (Å²) in [5, 5.41) is 1.08. The van der Waals surface area contributed by atoms with Crippen LogP contribution in [0.2, 0.25) is 5.02 Å². The van der Waals surface area contributed by atoms with Crippen LogP contribution in [-0.4, -0.2) is 25.1 Å². The van der Waals surface area contributed by atoms with E-state index >= 15 is 0 Å². The van der Waals surface area contributed by atoms with Gasteiger partial charge in [-0.3, -0.25) is 0 Å². The Hall–Kier alpha value is -2.83. The Bertz CT molecular complexity index is 1250. The minimum absolute atomic E-state index is 0.234. The molecule has 0 aliphatic carbocycles. The molecule has 2 aromatic heterocycles. The standard InChI is InChI=1S/C21H17ClN2O3S/c1-27-21-11-15(9-10-23-21)13-24-14-20(18-12-16(22)7-8-19(18)24)28(25,26)17-5-3-2-4-6-17/h2-12,14H,13H2,1H3. The Kier molecular flexibility index (Phi) is 4.83. The molecule has 7 heteroatoms. The Morgan fingerprint density at radius 2 is 1.86 bits per heavy atom. The van der Waals surface area contributed by atoms with E-state index in [1.165, 1.54) is 0 Å². The quantitative estimate of drug-likeness (QED) is 0.481. The number of nitrogens with zero attached hydrogens (tertiary/aromatic N) is 2. The average Bonchev–Trinajstić information content (AvgIpc) is 3.07. The Labute approximate surface area is 168 Å². The van der Waals surface area contributed by atoms with Gasteiger partial charge < -0.3 is 9.30 Å². The normalized spacial score (nSPS) is 11.6. The predicted molar refractivity (Wildman–Crippen MR) is 109 cm³/mol. The molecule has 4 rings (SSSR count). The second-order valence-electron chi connectivity index (χ2n) is 6.31. The van der Waals surface area contributed by atoms with Crippen molar-refractivity contribution >= 4 is 32.3 Å². The first-order valence-electron chi connectivity index (χ1n) is 8.56. The Morgan fingerprint density at radius 3 is 2.61 bits per heavy atom. The highest BCUT2D eigenvalue weighted by atomic mass is 35.5. The van der Waals surface area contributed by atoms with Gasteiger partial charge in [0.2, 0.25) is 15.7 Å². The number of pyridine rings is 1. The second kappa shape index (κ2) is 7.30. The molecule has 2 heterocycles. The molecular weight excluding hydrogens is 396 g/mol. The van der Waals surface area contributed by atoms with E-state index in [1.54, 1.807) is 62.0 Å². The summed E-state index contributed by atoms with van der Waals surface area (Å²) in [5.74, 6) is 0.508. The molecule has 5 nitrogen and oxygen atoms in total. The van der Waals surface area contributed by atoms with Gasteiger partial charge in [-0.15, -0.1) is 0 Å². The van der Waals surface area contributed by atoms with E-state index in [0.717, 1.165) is 11.1 Å². The van der Waals surface area contributed by atoms with Gasteiger partial charge in [-0.1, -0.05) is 29.8 Å². The number of methoxy groups -OCH3 is 1. The Morgan fingerprint density at radius 1 is 1.07 bits per heavy atom. The molecule has 0 radical (unpaired) electrons. The molecular formula is C21H17ClN2O3S. The van der Waals surface area contributed by atoms with Gasteiger partial charge in [0.1, 0.15) is 0 Å². The summed E-state index contributed by atoms with van der Waals surface area (Å²) in [6, 6.07) is 17.4. The number of halogens is 1. The minimum atomic E-state index is -3.68. The van der Waals surface area contributed by atoms with Gasteiger partial charge in [0.15, 0.2) is 0 Å². The highest BCUT2D eigenvalue weighted by molar-refractivity contribution is 7.91. The number of hydrogen-bond acceptors (Lipinski definition) is 4. The number of benzene rings is 2. The van der Waals surface area contributed by atoms with E-state index < -0.39 is 9.84 Å². The van der Waals surface area contributed by atoms with E-state index in [1.807, 2.05) is 22.8 Å². The number of rotatable bonds is 5. The van der Waals surface area contributed by atoms with Gasteiger partial charge in [-0.05, 0) is 42.0 Å². The molecule has 28 heavy (non-hydrogen) atoms. The zero-order valence-electron chi connectivity index (χ0n) is 15.0. The van der Waals surface area contributed by atoms with Crippen molar-refractivity contribution < 1.29 is 13.2 Å². The van der Waals surface area contributed by atoms with Crippen molar-refractivity contribution in [2.24, 2.45) is 0 Å². The van der Waals surface area contributed by atoms with Gasteiger partial charge in [-0.2, -0.15) is 0 Å². The van der Waals surface area contributed by atoms with Crippen LogP contribution < -0.4 is 4.74 Å². The number of ether oxygens (including phenoxy) is 1. The first kappa shape index (κ1) is 18.5. The fourth-order valence-electron chi connectivity index (χ4n) is 3.17. The third-order valence-corrected chi connectivity index (χ3v) is 6.54. The fraction of sp³-hybridized carbons (Fsp3) is 0.0952. The minimum Gasteiger partial charge on any atom is -0.481 e. The van der Waals surface area contributed by atoms with E-state index in [-0.39, 0.29) is 9.79 Å². The third-order valence-electron chi connectivity index (χ3n) is 4.51. The molecule has 2 aromatic carbocycles. The summed E-state index contributed by atoms with van der Waals surface area (Å²) in [7, 11) is -2.12. The highest BCUT2D eigenvalue weighted by Crippen LogP contribution is 2.32. The maximum absolute atomic E-state index is 13.2. The van der Waals surface area contributed by atoms with Gasteiger partial charge in [-0.25, -0.2) is 13.4 Å². The molecule has 0 aliphatic heterocycles. The maximum atomic E-state index is 13.2. The van der Waals surface area contributed by atoms with Crippen molar-refractivity contribution in [2.45, 2.75) is 16.3 Å². The van der Waals surface area contributed by atoms with Gasteiger partial charge >= 0.3 is 0 Å². The predicted octanol–water partition coefficient (Wildman–Crippen LogP) is 4.58.